The minimum absolute atomic E-state index is 0.318. The first-order chi connectivity index (χ1) is 8.16. The third kappa shape index (κ3) is 13.8. The zero-order valence-corrected chi connectivity index (χ0v) is 11.9. The van der Waals surface area contributed by atoms with Crippen LogP contribution < -0.4 is 21.7 Å². The van der Waals surface area contributed by atoms with Crippen molar-refractivity contribution in [3.8, 4) is 0 Å². The van der Waals surface area contributed by atoms with Gasteiger partial charge < -0.3 is 21.7 Å². The molecular formula is C13H32N4. The molecule has 0 aromatic carbocycles. The Balaban J connectivity index is 2.99. The predicted molar refractivity (Wildman–Crippen MR) is 76.4 cm³/mol. The van der Waals surface area contributed by atoms with Gasteiger partial charge in [-0.25, -0.2) is 0 Å². The van der Waals surface area contributed by atoms with Gasteiger partial charge in [0.1, 0.15) is 0 Å². The molecule has 0 spiro atoms. The third-order valence-corrected chi connectivity index (χ3v) is 2.98. The van der Waals surface area contributed by atoms with E-state index in [0.29, 0.717) is 12.1 Å². The molecule has 0 aliphatic rings. The lowest BCUT2D eigenvalue weighted by Crippen LogP contribution is -2.28. The molecule has 0 saturated carbocycles. The average Bonchev–Trinajstić information content (AvgIpc) is 2.30. The lowest BCUT2D eigenvalue weighted by molar-refractivity contribution is 0.513. The van der Waals surface area contributed by atoms with E-state index in [1.165, 1.54) is 19.3 Å². The molecule has 104 valence electrons. The SMILES string of the molecule is CNC(C)CCNCCCCNCCC(C)N. The van der Waals surface area contributed by atoms with Crippen LogP contribution in [0, 0.1) is 0 Å². The first kappa shape index (κ1) is 16.8. The second-order valence-electron chi connectivity index (χ2n) is 4.95. The molecule has 0 bridgehead atoms. The molecule has 0 radical (unpaired) electrons. The van der Waals surface area contributed by atoms with Crippen LogP contribution in [0.15, 0.2) is 0 Å². The molecule has 0 amide bonds. The maximum Gasteiger partial charge on any atom is 0.00478 e. The van der Waals surface area contributed by atoms with Crippen LogP contribution in [0.4, 0.5) is 0 Å². The maximum atomic E-state index is 5.67. The summed E-state index contributed by atoms with van der Waals surface area (Å²) in [6, 6.07) is 0.931. The topological polar surface area (TPSA) is 62.1 Å². The van der Waals surface area contributed by atoms with Crippen molar-refractivity contribution in [3.05, 3.63) is 0 Å². The van der Waals surface area contributed by atoms with Gasteiger partial charge >= 0.3 is 0 Å². The highest BCUT2D eigenvalue weighted by Gasteiger charge is 1.96. The van der Waals surface area contributed by atoms with Crippen molar-refractivity contribution in [2.75, 3.05) is 33.2 Å². The molecule has 0 fully saturated rings. The van der Waals surface area contributed by atoms with Gasteiger partial charge in [-0.15, -0.1) is 0 Å². The highest BCUT2D eigenvalue weighted by Crippen LogP contribution is 1.89. The van der Waals surface area contributed by atoms with E-state index < -0.39 is 0 Å². The van der Waals surface area contributed by atoms with Gasteiger partial charge in [0.2, 0.25) is 0 Å². The lowest BCUT2D eigenvalue weighted by atomic mass is 10.2. The summed E-state index contributed by atoms with van der Waals surface area (Å²) in [5, 5.41) is 10.1. The van der Waals surface area contributed by atoms with Crippen molar-refractivity contribution in [3.63, 3.8) is 0 Å². The molecular weight excluding hydrogens is 212 g/mol. The Labute approximate surface area is 107 Å². The Morgan fingerprint density at radius 1 is 0.882 bits per heavy atom. The number of rotatable bonds is 12. The Bertz CT molecular complexity index is 150. The van der Waals surface area contributed by atoms with Gasteiger partial charge in [0.25, 0.3) is 0 Å². The van der Waals surface area contributed by atoms with Crippen molar-refractivity contribution in [1.82, 2.24) is 16.0 Å². The van der Waals surface area contributed by atoms with Gasteiger partial charge in [-0.2, -0.15) is 0 Å². The molecule has 0 saturated heterocycles. The second kappa shape index (κ2) is 12.3. The number of unbranched alkanes of at least 4 members (excludes halogenated alkanes) is 1. The number of hydrogen-bond acceptors (Lipinski definition) is 4. The van der Waals surface area contributed by atoms with Gasteiger partial charge in [0.15, 0.2) is 0 Å². The molecule has 0 rings (SSSR count). The first-order valence-electron chi connectivity index (χ1n) is 7.01. The van der Waals surface area contributed by atoms with Gasteiger partial charge in [0, 0.05) is 12.1 Å². The predicted octanol–water partition coefficient (Wildman–Crippen LogP) is 0.681. The fraction of sp³-hybridized carbons (Fsp3) is 1.00. The molecule has 4 nitrogen and oxygen atoms in total. The van der Waals surface area contributed by atoms with Gasteiger partial charge in [-0.05, 0) is 72.8 Å². The van der Waals surface area contributed by atoms with E-state index >= 15 is 0 Å². The van der Waals surface area contributed by atoms with Crippen LogP contribution in [0.5, 0.6) is 0 Å². The second-order valence-corrected chi connectivity index (χ2v) is 4.95. The molecule has 0 aliphatic heterocycles. The average molecular weight is 244 g/mol. The fourth-order valence-corrected chi connectivity index (χ4v) is 1.54. The lowest BCUT2D eigenvalue weighted by Gasteiger charge is -2.10. The smallest absolute Gasteiger partial charge is 0.00478 e. The van der Waals surface area contributed by atoms with Crippen LogP contribution in [0.2, 0.25) is 0 Å². The van der Waals surface area contributed by atoms with Crippen LogP contribution in [0.25, 0.3) is 0 Å². The molecule has 0 aromatic heterocycles. The van der Waals surface area contributed by atoms with Crippen molar-refractivity contribution < 1.29 is 0 Å². The monoisotopic (exact) mass is 244 g/mol. The molecule has 0 aliphatic carbocycles. The summed E-state index contributed by atoms with van der Waals surface area (Å²) in [4.78, 5) is 0. The van der Waals surface area contributed by atoms with E-state index in [-0.39, 0.29) is 0 Å². The Morgan fingerprint density at radius 2 is 1.41 bits per heavy atom. The highest BCUT2D eigenvalue weighted by atomic mass is 14.9. The van der Waals surface area contributed by atoms with Crippen molar-refractivity contribution in [1.29, 1.82) is 0 Å². The Hall–Kier alpha value is -0.160. The van der Waals surface area contributed by atoms with E-state index in [2.05, 4.69) is 29.8 Å². The standard InChI is InChI=1S/C13H32N4/c1-12(14)6-10-16-8-4-5-9-17-11-7-13(2)15-3/h12-13,15-17H,4-11,14H2,1-3H3. The minimum atomic E-state index is 0.318. The molecule has 17 heavy (non-hydrogen) atoms. The van der Waals surface area contributed by atoms with Crippen molar-refractivity contribution >= 4 is 0 Å². The quantitative estimate of drug-likeness (QED) is 0.381. The zero-order chi connectivity index (χ0) is 12.9. The molecule has 2 atom stereocenters. The van der Waals surface area contributed by atoms with Crippen LogP contribution >= 0.6 is 0 Å². The highest BCUT2D eigenvalue weighted by molar-refractivity contribution is 4.60. The normalized spacial score (nSPS) is 14.8. The number of nitrogens with two attached hydrogens (primary N) is 1. The van der Waals surface area contributed by atoms with Crippen LogP contribution in [-0.4, -0.2) is 45.3 Å². The minimum Gasteiger partial charge on any atom is -0.328 e. The Morgan fingerprint density at radius 3 is 1.88 bits per heavy atom. The third-order valence-electron chi connectivity index (χ3n) is 2.98. The van der Waals surface area contributed by atoms with Crippen molar-refractivity contribution in [2.24, 2.45) is 5.73 Å². The van der Waals surface area contributed by atoms with Gasteiger partial charge in [-0.3, -0.25) is 0 Å². The molecule has 0 aromatic rings. The van der Waals surface area contributed by atoms with Gasteiger partial charge in [-0.1, -0.05) is 0 Å². The number of hydrogen-bond donors (Lipinski definition) is 4. The summed E-state index contributed by atoms with van der Waals surface area (Å²) in [6.07, 6.45) is 4.76. The van der Waals surface area contributed by atoms with Crippen LogP contribution in [-0.2, 0) is 0 Å². The summed E-state index contributed by atoms with van der Waals surface area (Å²) < 4.78 is 0. The van der Waals surface area contributed by atoms with E-state index in [1.807, 2.05) is 7.05 Å². The summed E-state index contributed by atoms with van der Waals surface area (Å²) in [5.41, 5.74) is 5.67. The number of nitrogens with one attached hydrogen (secondary N) is 3. The first-order valence-corrected chi connectivity index (χ1v) is 7.01. The van der Waals surface area contributed by atoms with E-state index in [9.17, 15) is 0 Å². The summed E-state index contributed by atoms with van der Waals surface area (Å²) >= 11 is 0. The van der Waals surface area contributed by atoms with E-state index in [0.717, 1.165) is 32.6 Å². The van der Waals surface area contributed by atoms with E-state index in [1.54, 1.807) is 0 Å². The zero-order valence-electron chi connectivity index (χ0n) is 11.9. The fourth-order valence-electron chi connectivity index (χ4n) is 1.54. The van der Waals surface area contributed by atoms with Crippen LogP contribution in [0.1, 0.15) is 39.5 Å². The van der Waals surface area contributed by atoms with Gasteiger partial charge in [0.05, 0.1) is 0 Å². The largest absolute Gasteiger partial charge is 0.328 e. The maximum absolute atomic E-state index is 5.67. The van der Waals surface area contributed by atoms with Crippen molar-refractivity contribution in [2.45, 2.75) is 51.6 Å². The van der Waals surface area contributed by atoms with E-state index in [4.69, 9.17) is 5.73 Å². The summed E-state index contributed by atoms with van der Waals surface area (Å²) in [5.74, 6) is 0. The molecule has 5 N–H and O–H groups in total. The summed E-state index contributed by atoms with van der Waals surface area (Å²) in [7, 11) is 2.01. The Kier molecular flexibility index (Phi) is 12.2. The molecule has 2 unspecified atom stereocenters. The van der Waals surface area contributed by atoms with Crippen LogP contribution in [0.3, 0.4) is 0 Å². The summed E-state index contributed by atoms with van der Waals surface area (Å²) in [6.45, 7) is 8.67. The molecule has 4 heteroatoms. The molecule has 0 heterocycles.